The van der Waals surface area contributed by atoms with Gasteiger partial charge in [-0.05, 0) is 48.4 Å². The number of fused-ring (bicyclic) bond motifs is 2. The summed E-state index contributed by atoms with van der Waals surface area (Å²) in [7, 11) is 1.65. The summed E-state index contributed by atoms with van der Waals surface area (Å²) in [5.74, 6) is 1.68. The van der Waals surface area contributed by atoms with E-state index in [-0.39, 0.29) is 11.3 Å². The summed E-state index contributed by atoms with van der Waals surface area (Å²) in [6.07, 6.45) is 0.723. The van der Waals surface area contributed by atoms with Crippen molar-refractivity contribution in [3.63, 3.8) is 0 Å². The molecule has 0 saturated carbocycles. The summed E-state index contributed by atoms with van der Waals surface area (Å²) in [5.41, 5.74) is 4.43. The highest BCUT2D eigenvalue weighted by atomic mass is 16.5. The van der Waals surface area contributed by atoms with E-state index in [9.17, 15) is 4.79 Å². The second-order valence-electron chi connectivity index (χ2n) is 6.86. The third-order valence-corrected chi connectivity index (χ3v) is 4.57. The van der Waals surface area contributed by atoms with Crippen molar-refractivity contribution >= 4 is 22.6 Å². The number of ether oxygens (including phenoxy) is 1. The number of hydrogen-bond donors (Lipinski definition) is 2. The molecule has 0 spiro atoms. The Morgan fingerprint density at radius 3 is 2.62 bits per heavy atom. The number of aromatic amines is 1. The minimum Gasteiger partial charge on any atom is -0.497 e. The summed E-state index contributed by atoms with van der Waals surface area (Å²) in [6.45, 7) is 3.93. The third kappa shape index (κ3) is 2.33. The number of rotatable bonds is 2. The molecular formula is C19H19N3O2. The number of hydrogen-bond acceptors (Lipinski definition) is 3. The van der Waals surface area contributed by atoms with E-state index in [2.05, 4.69) is 21.4 Å². The zero-order valence-corrected chi connectivity index (χ0v) is 13.9. The van der Waals surface area contributed by atoms with Crippen molar-refractivity contribution in [1.82, 2.24) is 9.97 Å². The number of nitrogens with zero attached hydrogens (tertiary/aromatic N) is 1. The van der Waals surface area contributed by atoms with Crippen LogP contribution in [0.5, 0.6) is 5.75 Å². The Labute approximate surface area is 140 Å². The van der Waals surface area contributed by atoms with Crippen LogP contribution in [0.25, 0.3) is 22.4 Å². The van der Waals surface area contributed by atoms with Gasteiger partial charge in [-0.25, -0.2) is 4.98 Å². The highest BCUT2D eigenvalue weighted by Gasteiger charge is 2.33. The van der Waals surface area contributed by atoms with Crippen LogP contribution in [0.2, 0.25) is 0 Å². The molecule has 4 rings (SSSR count). The maximum atomic E-state index is 12.2. The smallest absolute Gasteiger partial charge is 0.230 e. The van der Waals surface area contributed by atoms with Crippen LogP contribution >= 0.6 is 0 Å². The van der Waals surface area contributed by atoms with E-state index in [1.54, 1.807) is 7.11 Å². The zero-order valence-electron chi connectivity index (χ0n) is 13.9. The molecule has 122 valence electrons. The first-order chi connectivity index (χ1) is 11.5. The standard InChI is InChI=1S/C19H19N3O2/c1-19(2)10-12-8-15-16(9-14(12)22-18(19)23)21-17(20-15)11-4-6-13(24-3)7-5-11/h4-9H,10H2,1-3H3,(H,20,21)(H,22,23). The van der Waals surface area contributed by atoms with Crippen molar-refractivity contribution in [3.05, 3.63) is 42.0 Å². The van der Waals surface area contributed by atoms with E-state index >= 15 is 0 Å². The highest BCUT2D eigenvalue weighted by Crippen LogP contribution is 2.35. The molecule has 0 fully saturated rings. The van der Waals surface area contributed by atoms with Gasteiger partial charge in [-0.1, -0.05) is 13.8 Å². The van der Waals surface area contributed by atoms with Crippen molar-refractivity contribution in [2.75, 3.05) is 12.4 Å². The summed E-state index contributed by atoms with van der Waals surface area (Å²) in [5, 5.41) is 3.00. The van der Waals surface area contributed by atoms with Crippen molar-refractivity contribution in [1.29, 1.82) is 0 Å². The van der Waals surface area contributed by atoms with Crippen LogP contribution in [-0.4, -0.2) is 23.0 Å². The highest BCUT2D eigenvalue weighted by molar-refractivity contribution is 6.00. The van der Waals surface area contributed by atoms with E-state index in [0.29, 0.717) is 0 Å². The third-order valence-electron chi connectivity index (χ3n) is 4.57. The van der Waals surface area contributed by atoms with Crippen LogP contribution in [-0.2, 0) is 11.2 Å². The van der Waals surface area contributed by atoms with Crippen molar-refractivity contribution in [2.45, 2.75) is 20.3 Å². The SMILES string of the molecule is COc1ccc(-c2nc3cc4c(cc3[nH]2)CC(C)(C)C(=O)N4)cc1. The number of benzene rings is 2. The van der Waals surface area contributed by atoms with E-state index in [1.165, 1.54) is 0 Å². The van der Waals surface area contributed by atoms with Crippen LogP contribution in [0, 0.1) is 5.41 Å². The fourth-order valence-electron chi connectivity index (χ4n) is 3.10. The number of aromatic nitrogens is 2. The second kappa shape index (κ2) is 5.09. The molecule has 5 nitrogen and oxygen atoms in total. The van der Waals surface area contributed by atoms with Gasteiger partial charge in [0.25, 0.3) is 0 Å². The van der Waals surface area contributed by atoms with Gasteiger partial charge in [-0.15, -0.1) is 0 Å². The predicted molar refractivity (Wildman–Crippen MR) is 94.2 cm³/mol. The van der Waals surface area contributed by atoms with Gasteiger partial charge in [0.15, 0.2) is 0 Å². The average molecular weight is 321 g/mol. The topological polar surface area (TPSA) is 67.0 Å². The Morgan fingerprint density at radius 1 is 1.17 bits per heavy atom. The molecule has 1 amide bonds. The molecular weight excluding hydrogens is 302 g/mol. The van der Waals surface area contributed by atoms with E-state index in [0.717, 1.165) is 45.8 Å². The number of amides is 1. The van der Waals surface area contributed by atoms with E-state index in [1.807, 2.05) is 44.2 Å². The van der Waals surface area contributed by atoms with Crippen LogP contribution in [0.15, 0.2) is 36.4 Å². The number of carbonyl (C=O) groups is 1. The molecule has 2 aromatic carbocycles. The van der Waals surface area contributed by atoms with Gasteiger partial charge in [0.2, 0.25) is 5.91 Å². The summed E-state index contributed by atoms with van der Waals surface area (Å²) in [4.78, 5) is 20.2. The number of H-pyrrole nitrogens is 1. The first-order valence-corrected chi connectivity index (χ1v) is 7.95. The van der Waals surface area contributed by atoms with Crippen LogP contribution in [0.4, 0.5) is 5.69 Å². The second-order valence-corrected chi connectivity index (χ2v) is 6.86. The molecule has 24 heavy (non-hydrogen) atoms. The molecule has 1 aromatic heterocycles. The lowest BCUT2D eigenvalue weighted by Gasteiger charge is -2.30. The van der Waals surface area contributed by atoms with Gasteiger partial charge in [0, 0.05) is 16.7 Å². The van der Waals surface area contributed by atoms with Gasteiger partial charge in [-0.2, -0.15) is 0 Å². The number of imidazole rings is 1. The van der Waals surface area contributed by atoms with Gasteiger partial charge in [0.1, 0.15) is 11.6 Å². The molecule has 3 aromatic rings. The van der Waals surface area contributed by atoms with Crippen molar-refractivity contribution in [3.8, 4) is 17.1 Å². The summed E-state index contributed by atoms with van der Waals surface area (Å²) in [6, 6.07) is 11.8. The zero-order chi connectivity index (χ0) is 16.9. The maximum absolute atomic E-state index is 12.2. The Balaban J connectivity index is 1.77. The number of carbonyl (C=O) groups excluding carboxylic acids is 1. The summed E-state index contributed by atoms with van der Waals surface area (Å²) < 4.78 is 5.19. The molecule has 0 radical (unpaired) electrons. The molecule has 0 aliphatic carbocycles. The molecule has 0 saturated heterocycles. The van der Waals surface area contributed by atoms with Gasteiger partial charge < -0.3 is 15.0 Å². The molecule has 2 N–H and O–H groups in total. The maximum Gasteiger partial charge on any atom is 0.230 e. The first kappa shape index (κ1) is 14.8. The number of anilines is 1. The average Bonchev–Trinajstić information content (AvgIpc) is 2.96. The molecule has 1 aliphatic heterocycles. The Kier molecular flexibility index (Phi) is 3.13. The monoisotopic (exact) mass is 321 g/mol. The Bertz CT molecular complexity index is 939. The lowest BCUT2D eigenvalue weighted by atomic mass is 9.81. The van der Waals surface area contributed by atoms with E-state index in [4.69, 9.17) is 4.74 Å². The van der Waals surface area contributed by atoms with Crippen LogP contribution in [0.3, 0.4) is 0 Å². The van der Waals surface area contributed by atoms with E-state index < -0.39 is 0 Å². The molecule has 0 atom stereocenters. The fraction of sp³-hybridized carbons (Fsp3) is 0.263. The Morgan fingerprint density at radius 2 is 1.92 bits per heavy atom. The van der Waals surface area contributed by atoms with Crippen molar-refractivity contribution < 1.29 is 9.53 Å². The lowest BCUT2D eigenvalue weighted by Crippen LogP contribution is -2.36. The van der Waals surface area contributed by atoms with Crippen LogP contribution < -0.4 is 10.1 Å². The fourth-order valence-corrected chi connectivity index (χ4v) is 3.10. The first-order valence-electron chi connectivity index (χ1n) is 7.95. The largest absolute Gasteiger partial charge is 0.497 e. The minimum atomic E-state index is -0.389. The molecule has 0 unspecified atom stereocenters. The quantitative estimate of drug-likeness (QED) is 0.755. The molecule has 0 bridgehead atoms. The Hall–Kier alpha value is -2.82. The van der Waals surface area contributed by atoms with Gasteiger partial charge in [0.05, 0.1) is 18.1 Å². The van der Waals surface area contributed by atoms with Crippen molar-refractivity contribution in [2.24, 2.45) is 5.41 Å². The van der Waals surface area contributed by atoms with Gasteiger partial charge in [-0.3, -0.25) is 4.79 Å². The normalized spacial score (nSPS) is 15.9. The minimum absolute atomic E-state index is 0.0558. The van der Waals surface area contributed by atoms with Crippen LogP contribution in [0.1, 0.15) is 19.4 Å². The number of methoxy groups -OCH3 is 1. The van der Waals surface area contributed by atoms with Gasteiger partial charge >= 0.3 is 0 Å². The summed E-state index contributed by atoms with van der Waals surface area (Å²) >= 11 is 0. The predicted octanol–water partition coefficient (Wildman–Crippen LogP) is 3.76. The molecule has 1 aliphatic rings. The molecule has 5 heteroatoms. The lowest BCUT2D eigenvalue weighted by molar-refractivity contribution is -0.124. The molecule has 2 heterocycles. The number of nitrogens with one attached hydrogen (secondary N) is 2.